The van der Waals surface area contributed by atoms with Gasteiger partial charge in [0, 0.05) is 43.7 Å². The SMILES string of the molecule is Fc1ccc(CN2CCN(Cc3cccc(Br)c3)CC2)cc1.O=C(O)C(=O)O. The van der Waals surface area contributed by atoms with E-state index in [1.807, 2.05) is 12.1 Å². The summed E-state index contributed by atoms with van der Waals surface area (Å²) in [5, 5.41) is 14.8. The molecule has 6 nitrogen and oxygen atoms in total. The van der Waals surface area contributed by atoms with Crippen molar-refractivity contribution in [2.45, 2.75) is 13.1 Å². The number of benzene rings is 2. The fourth-order valence-electron chi connectivity index (χ4n) is 2.85. The van der Waals surface area contributed by atoms with E-state index >= 15 is 0 Å². The van der Waals surface area contributed by atoms with Crippen LogP contribution in [0.25, 0.3) is 0 Å². The van der Waals surface area contributed by atoms with Gasteiger partial charge in [-0.3, -0.25) is 9.80 Å². The minimum absolute atomic E-state index is 0.164. The van der Waals surface area contributed by atoms with Crippen LogP contribution >= 0.6 is 15.9 Å². The first-order chi connectivity index (χ1) is 13.3. The highest BCUT2D eigenvalue weighted by molar-refractivity contribution is 9.10. The van der Waals surface area contributed by atoms with Gasteiger partial charge in [-0.05, 0) is 35.4 Å². The highest BCUT2D eigenvalue weighted by Crippen LogP contribution is 2.15. The summed E-state index contributed by atoms with van der Waals surface area (Å²) in [5.41, 5.74) is 2.53. The predicted molar refractivity (Wildman–Crippen MR) is 106 cm³/mol. The molecule has 0 spiro atoms. The maximum atomic E-state index is 12.9. The highest BCUT2D eigenvalue weighted by Gasteiger charge is 2.17. The Morgan fingerprint density at radius 2 is 1.36 bits per heavy atom. The molecular weight excluding hydrogens is 431 g/mol. The number of rotatable bonds is 4. The second kappa shape index (κ2) is 10.9. The van der Waals surface area contributed by atoms with Gasteiger partial charge < -0.3 is 10.2 Å². The summed E-state index contributed by atoms with van der Waals surface area (Å²) in [6.07, 6.45) is 0. The molecule has 0 saturated carbocycles. The molecule has 0 aliphatic carbocycles. The summed E-state index contributed by atoms with van der Waals surface area (Å²) in [6.45, 7) is 6.19. The Bertz CT molecular complexity index is 781. The Labute approximate surface area is 171 Å². The van der Waals surface area contributed by atoms with Crippen molar-refractivity contribution >= 4 is 27.9 Å². The van der Waals surface area contributed by atoms with Gasteiger partial charge in [-0.1, -0.05) is 40.2 Å². The number of piperazine rings is 1. The minimum Gasteiger partial charge on any atom is -0.473 e. The Balaban J connectivity index is 0.000000409. The molecule has 0 amide bonds. The number of hydrogen-bond acceptors (Lipinski definition) is 4. The molecule has 2 N–H and O–H groups in total. The fraction of sp³-hybridized carbons (Fsp3) is 0.300. The number of carboxylic acids is 2. The molecule has 1 saturated heterocycles. The maximum absolute atomic E-state index is 12.9. The Hall–Kier alpha value is -2.29. The second-order valence-electron chi connectivity index (χ2n) is 6.42. The van der Waals surface area contributed by atoms with E-state index in [0.29, 0.717) is 0 Å². The van der Waals surface area contributed by atoms with Crippen molar-refractivity contribution in [3.63, 3.8) is 0 Å². The van der Waals surface area contributed by atoms with Crippen LogP contribution in [0.3, 0.4) is 0 Å². The van der Waals surface area contributed by atoms with Gasteiger partial charge in [0.15, 0.2) is 0 Å². The number of nitrogens with zero attached hydrogens (tertiary/aromatic N) is 2. The van der Waals surface area contributed by atoms with Gasteiger partial charge in [-0.2, -0.15) is 0 Å². The van der Waals surface area contributed by atoms with E-state index in [2.05, 4.69) is 50.0 Å². The topological polar surface area (TPSA) is 81.1 Å². The lowest BCUT2D eigenvalue weighted by Crippen LogP contribution is -2.45. The van der Waals surface area contributed by atoms with Gasteiger partial charge in [-0.25, -0.2) is 14.0 Å². The van der Waals surface area contributed by atoms with Crippen molar-refractivity contribution in [1.29, 1.82) is 0 Å². The number of carboxylic acid groups (broad SMARTS) is 2. The van der Waals surface area contributed by atoms with Crippen molar-refractivity contribution in [2.24, 2.45) is 0 Å². The van der Waals surface area contributed by atoms with E-state index in [1.54, 1.807) is 12.1 Å². The van der Waals surface area contributed by atoms with Gasteiger partial charge in [0.05, 0.1) is 0 Å². The number of hydrogen-bond donors (Lipinski definition) is 2. The monoisotopic (exact) mass is 452 g/mol. The minimum atomic E-state index is -1.82. The molecule has 1 aliphatic rings. The van der Waals surface area contributed by atoms with Crippen molar-refractivity contribution in [2.75, 3.05) is 26.2 Å². The third-order valence-electron chi connectivity index (χ3n) is 4.26. The average molecular weight is 453 g/mol. The number of carbonyl (C=O) groups is 2. The molecule has 1 heterocycles. The van der Waals surface area contributed by atoms with Crippen molar-refractivity contribution in [1.82, 2.24) is 9.80 Å². The van der Waals surface area contributed by atoms with Crippen LogP contribution < -0.4 is 0 Å². The first kappa shape index (κ1) is 22.0. The number of aliphatic carboxylic acids is 2. The Morgan fingerprint density at radius 3 is 1.82 bits per heavy atom. The Morgan fingerprint density at radius 1 is 0.857 bits per heavy atom. The molecule has 150 valence electrons. The van der Waals surface area contributed by atoms with E-state index in [-0.39, 0.29) is 5.82 Å². The van der Waals surface area contributed by atoms with E-state index in [9.17, 15) is 4.39 Å². The molecule has 2 aromatic rings. The number of halogens is 2. The van der Waals surface area contributed by atoms with E-state index in [0.717, 1.165) is 43.7 Å². The molecule has 3 rings (SSSR count). The molecule has 8 heteroatoms. The molecule has 1 aliphatic heterocycles. The van der Waals surface area contributed by atoms with Gasteiger partial charge >= 0.3 is 11.9 Å². The summed E-state index contributed by atoms with van der Waals surface area (Å²) in [5.74, 6) is -3.81. The summed E-state index contributed by atoms with van der Waals surface area (Å²) in [4.78, 5) is 23.1. The van der Waals surface area contributed by atoms with E-state index in [1.165, 1.54) is 11.1 Å². The molecule has 0 radical (unpaired) electrons. The van der Waals surface area contributed by atoms with Gasteiger partial charge in [-0.15, -0.1) is 0 Å². The first-order valence-corrected chi connectivity index (χ1v) is 9.52. The maximum Gasteiger partial charge on any atom is 0.414 e. The van der Waals surface area contributed by atoms with Crippen LogP contribution in [0.1, 0.15) is 11.1 Å². The molecule has 28 heavy (non-hydrogen) atoms. The largest absolute Gasteiger partial charge is 0.473 e. The third-order valence-corrected chi connectivity index (χ3v) is 4.76. The van der Waals surface area contributed by atoms with Crippen LogP contribution in [0.2, 0.25) is 0 Å². The van der Waals surface area contributed by atoms with Crippen LogP contribution in [0.15, 0.2) is 53.0 Å². The molecular formula is C20H22BrFN2O4. The summed E-state index contributed by atoms with van der Waals surface area (Å²) >= 11 is 3.53. The molecule has 0 aromatic heterocycles. The first-order valence-electron chi connectivity index (χ1n) is 8.73. The van der Waals surface area contributed by atoms with Crippen molar-refractivity contribution in [3.8, 4) is 0 Å². The Kier molecular flexibility index (Phi) is 8.56. The predicted octanol–water partition coefficient (Wildman–Crippen LogP) is 3.06. The standard InChI is InChI=1S/C18H20BrFN2.C2H2O4/c19-17-3-1-2-16(12-17)14-22-10-8-21(9-11-22)13-15-4-6-18(20)7-5-15;3-1(4)2(5)6/h1-7,12H,8-11,13-14H2;(H,3,4)(H,5,6). The average Bonchev–Trinajstić information content (AvgIpc) is 2.66. The lowest BCUT2D eigenvalue weighted by molar-refractivity contribution is -0.159. The van der Waals surface area contributed by atoms with E-state index < -0.39 is 11.9 Å². The highest BCUT2D eigenvalue weighted by atomic mass is 79.9. The molecule has 0 unspecified atom stereocenters. The zero-order valence-corrected chi connectivity index (χ0v) is 16.8. The molecule has 2 aromatic carbocycles. The zero-order valence-electron chi connectivity index (χ0n) is 15.2. The van der Waals surface area contributed by atoms with Gasteiger partial charge in [0.2, 0.25) is 0 Å². The van der Waals surface area contributed by atoms with Crippen LogP contribution in [0.4, 0.5) is 4.39 Å². The second-order valence-corrected chi connectivity index (χ2v) is 7.33. The van der Waals surface area contributed by atoms with E-state index in [4.69, 9.17) is 19.8 Å². The fourth-order valence-corrected chi connectivity index (χ4v) is 3.29. The lowest BCUT2D eigenvalue weighted by Gasteiger charge is -2.34. The van der Waals surface area contributed by atoms with Crippen molar-refractivity contribution in [3.05, 3.63) is 69.9 Å². The van der Waals surface area contributed by atoms with Gasteiger partial charge in [0.25, 0.3) is 0 Å². The summed E-state index contributed by atoms with van der Waals surface area (Å²) < 4.78 is 14.1. The van der Waals surface area contributed by atoms with Gasteiger partial charge in [0.1, 0.15) is 5.82 Å². The molecule has 1 fully saturated rings. The molecule has 0 atom stereocenters. The lowest BCUT2D eigenvalue weighted by atomic mass is 10.1. The normalized spacial score (nSPS) is 14.8. The quantitative estimate of drug-likeness (QED) is 0.693. The van der Waals surface area contributed by atoms with Crippen LogP contribution in [0.5, 0.6) is 0 Å². The van der Waals surface area contributed by atoms with Crippen LogP contribution in [-0.2, 0) is 22.7 Å². The third kappa shape index (κ3) is 7.75. The van der Waals surface area contributed by atoms with Crippen molar-refractivity contribution < 1.29 is 24.2 Å². The smallest absolute Gasteiger partial charge is 0.414 e. The summed E-state index contributed by atoms with van der Waals surface area (Å²) in [7, 11) is 0. The van der Waals surface area contributed by atoms with Crippen LogP contribution in [0, 0.1) is 5.82 Å². The zero-order chi connectivity index (χ0) is 20.5. The summed E-state index contributed by atoms with van der Waals surface area (Å²) in [6, 6.07) is 15.3. The molecule has 0 bridgehead atoms. The van der Waals surface area contributed by atoms with Crippen LogP contribution in [-0.4, -0.2) is 58.1 Å².